The molecule has 0 spiro atoms. The maximum atomic E-state index is 13.7. The number of rotatable bonds is 4. The number of nitrogens with one attached hydrogen (secondary N) is 1. The van der Waals surface area contributed by atoms with Gasteiger partial charge in [-0.2, -0.15) is 0 Å². The Bertz CT molecular complexity index is 381. The van der Waals surface area contributed by atoms with Gasteiger partial charge < -0.3 is 10.2 Å². The predicted octanol–water partition coefficient (Wildman–Crippen LogP) is 3.04. The summed E-state index contributed by atoms with van der Waals surface area (Å²) in [5.74, 6) is 0.688. The Balaban J connectivity index is 1.95. The summed E-state index contributed by atoms with van der Waals surface area (Å²) in [6.07, 6.45) is 3.73. The van der Waals surface area contributed by atoms with Gasteiger partial charge in [-0.1, -0.05) is 25.5 Å². The number of piperidine rings is 1. The molecule has 2 atom stereocenters. The van der Waals surface area contributed by atoms with Crippen LogP contribution in [0.15, 0.2) is 24.3 Å². The summed E-state index contributed by atoms with van der Waals surface area (Å²) in [6.45, 7) is 4.22. The van der Waals surface area contributed by atoms with Gasteiger partial charge in [0.1, 0.15) is 5.82 Å². The minimum absolute atomic E-state index is 0.136. The Kier molecular flexibility index (Phi) is 4.59. The minimum Gasteiger partial charge on any atom is -0.371 e. The van der Waals surface area contributed by atoms with E-state index in [1.807, 2.05) is 24.1 Å². The van der Waals surface area contributed by atoms with Crippen LogP contribution in [0.4, 0.5) is 10.1 Å². The molecule has 0 saturated carbocycles. The third-order valence-electron chi connectivity index (χ3n) is 3.94. The highest BCUT2D eigenvalue weighted by Gasteiger charge is 2.21. The molecule has 1 saturated heterocycles. The molecule has 1 aromatic rings. The number of hydrogen-bond donors (Lipinski definition) is 1. The molecular formula is C15H23FN2. The van der Waals surface area contributed by atoms with Crippen LogP contribution in [-0.2, 0) is 0 Å². The SMILES string of the molecule is CCC1CCNC(CN(C)c2ccccc2F)C1. The van der Waals surface area contributed by atoms with Crippen molar-refractivity contribution in [2.75, 3.05) is 25.0 Å². The van der Waals surface area contributed by atoms with E-state index in [0.717, 1.165) is 19.0 Å². The summed E-state index contributed by atoms with van der Waals surface area (Å²) in [6, 6.07) is 7.47. The summed E-state index contributed by atoms with van der Waals surface area (Å²) in [4.78, 5) is 2.02. The van der Waals surface area contributed by atoms with Crippen LogP contribution in [0.5, 0.6) is 0 Å². The molecule has 0 aromatic heterocycles. The minimum atomic E-state index is -0.136. The van der Waals surface area contributed by atoms with Crippen molar-refractivity contribution in [3.8, 4) is 0 Å². The predicted molar refractivity (Wildman–Crippen MR) is 74.5 cm³/mol. The molecule has 2 rings (SSSR count). The normalized spacial score (nSPS) is 23.9. The molecule has 3 heteroatoms. The first kappa shape index (κ1) is 13.3. The zero-order chi connectivity index (χ0) is 13.0. The van der Waals surface area contributed by atoms with Crippen molar-refractivity contribution in [3.63, 3.8) is 0 Å². The molecule has 1 aliphatic rings. The molecule has 0 radical (unpaired) electrons. The van der Waals surface area contributed by atoms with Gasteiger partial charge in [0.2, 0.25) is 0 Å². The average molecular weight is 250 g/mol. The first-order valence-electron chi connectivity index (χ1n) is 6.89. The summed E-state index contributed by atoms with van der Waals surface area (Å²) >= 11 is 0. The van der Waals surface area contributed by atoms with Crippen LogP contribution >= 0.6 is 0 Å². The van der Waals surface area contributed by atoms with Crippen molar-refractivity contribution in [2.45, 2.75) is 32.2 Å². The van der Waals surface area contributed by atoms with Gasteiger partial charge in [0, 0.05) is 19.6 Å². The molecule has 1 fully saturated rings. The lowest BCUT2D eigenvalue weighted by Crippen LogP contribution is -2.45. The molecule has 1 aliphatic heterocycles. The zero-order valence-electron chi connectivity index (χ0n) is 11.3. The van der Waals surface area contributed by atoms with Gasteiger partial charge in [-0.05, 0) is 37.4 Å². The van der Waals surface area contributed by atoms with Crippen molar-refractivity contribution < 1.29 is 4.39 Å². The Labute approximate surface area is 109 Å². The molecule has 0 amide bonds. The fraction of sp³-hybridized carbons (Fsp3) is 0.600. The first-order chi connectivity index (χ1) is 8.70. The lowest BCUT2D eigenvalue weighted by atomic mass is 9.90. The molecule has 1 N–H and O–H groups in total. The quantitative estimate of drug-likeness (QED) is 0.883. The standard InChI is InChI=1S/C15H23FN2/c1-3-12-8-9-17-13(10-12)11-18(2)15-7-5-4-6-14(15)16/h4-7,12-13,17H,3,8-11H2,1-2H3. The Morgan fingerprint density at radius 2 is 2.17 bits per heavy atom. The topological polar surface area (TPSA) is 15.3 Å². The van der Waals surface area contributed by atoms with E-state index in [9.17, 15) is 4.39 Å². The molecule has 2 unspecified atom stereocenters. The van der Waals surface area contributed by atoms with E-state index < -0.39 is 0 Å². The number of anilines is 1. The van der Waals surface area contributed by atoms with Gasteiger partial charge in [0.05, 0.1) is 5.69 Å². The monoisotopic (exact) mass is 250 g/mol. The highest BCUT2D eigenvalue weighted by atomic mass is 19.1. The van der Waals surface area contributed by atoms with E-state index >= 15 is 0 Å². The summed E-state index contributed by atoms with van der Waals surface area (Å²) in [7, 11) is 1.97. The smallest absolute Gasteiger partial charge is 0.146 e. The molecule has 0 bridgehead atoms. The highest BCUT2D eigenvalue weighted by Crippen LogP contribution is 2.22. The molecule has 18 heavy (non-hydrogen) atoms. The Morgan fingerprint density at radius 3 is 2.89 bits per heavy atom. The van der Waals surface area contributed by atoms with Gasteiger partial charge >= 0.3 is 0 Å². The number of para-hydroxylation sites is 1. The van der Waals surface area contributed by atoms with Crippen molar-refractivity contribution in [1.82, 2.24) is 5.32 Å². The number of benzene rings is 1. The molecule has 0 aliphatic carbocycles. The number of hydrogen-bond acceptors (Lipinski definition) is 2. The number of nitrogens with zero attached hydrogens (tertiary/aromatic N) is 1. The van der Waals surface area contributed by atoms with Crippen LogP contribution < -0.4 is 10.2 Å². The van der Waals surface area contributed by atoms with E-state index in [1.54, 1.807) is 6.07 Å². The second kappa shape index (κ2) is 6.19. The fourth-order valence-electron chi connectivity index (χ4n) is 2.80. The second-order valence-corrected chi connectivity index (χ2v) is 5.28. The van der Waals surface area contributed by atoms with Crippen LogP contribution in [-0.4, -0.2) is 26.2 Å². The van der Waals surface area contributed by atoms with E-state index in [2.05, 4.69) is 12.2 Å². The zero-order valence-corrected chi connectivity index (χ0v) is 11.3. The summed E-state index contributed by atoms with van der Waals surface area (Å²) in [5, 5.41) is 3.54. The van der Waals surface area contributed by atoms with Gasteiger partial charge in [-0.3, -0.25) is 0 Å². The van der Waals surface area contributed by atoms with Gasteiger partial charge in [0.25, 0.3) is 0 Å². The summed E-state index contributed by atoms with van der Waals surface area (Å²) in [5.41, 5.74) is 0.693. The average Bonchev–Trinajstić information content (AvgIpc) is 2.39. The van der Waals surface area contributed by atoms with Crippen molar-refractivity contribution in [1.29, 1.82) is 0 Å². The maximum absolute atomic E-state index is 13.7. The largest absolute Gasteiger partial charge is 0.371 e. The Morgan fingerprint density at radius 1 is 1.39 bits per heavy atom. The van der Waals surface area contributed by atoms with Gasteiger partial charge in [-0.25, -0.2) is 4.39 Å². The van der Waals surface area contributed by atoms with E-state index in [0.29, 0.717) is 11.7 Å². The van der Waals surface area contributed by atoms with Crippen molar-refractivity contribution in [3.05, 3.63) is 30.1 Å². The highest BCUT2D eigenvalue weighted by molar-refractivity contribution is 5.46. The first-order valence-corrected chi connectivity index (χ1v) is 6.89. The number of halogens is 1. The van der Waals surface area contributed by atoms with Crippen LogP contribution in [0.3, 0.4) is 0 Å². The summed E-state index contributed by atoms with van der Waals surface area (Å²) < 4.78 is 13.7. The van der Waals surface area contributed by atoms with Crippen LogP contribution in [0, 0.1) is 11.7 Å². The van der Waals surface area contributed by atoms with Crippen LogP contribution in [0.25, 0.3) is 0 Å². The Hall–Kier alpha value is -1.09. The maximum Gasteiger partial charge on any atom is 0.146 e. The molecule has 100 valence electrons. The fourth-order valence-corrected chi connectivity index (χ4v) is 2.80. The van der Waals surface area contributed by atoms with E-state index in [-0.39, 0.29) is 5.82 Å². The number of likely N-dealkylation sites (N-methyl/N-ethyl adjacent to an activating group) is 1. The van der Waals surface area contributed by atoms with E-state index in [4.69, 9.17) is 0 Å². The van der Waals surface area contributed by atoms with Gasteiger partial charge in [0.15, 0.2) is 0 Å². The third-order valence-corrected chi connectivity index (χ3v) is 3.94. The van der Waals surface area contributed by atoms with Crippen LogP contribution in [0.2, 0.25) is 0 Å². The molecule has 2 nitrogen and oxygen atoms in total. The second-order valence-electron chi connectivity index (χ2n) is 5.28. The lowest BCUT2D eigenvalue weighted by Gasteiger charge is -2.33. The molecule has 1 heterocycles. The van der Waals surface area contributed by atoms with E-state index in [1.165, 1.54) is 25.3 Å². The molecular weight excluding hydrogens is 227 g/mol. The lowest BCUT2D eigenvalue weighted by molar-refractivity contribution is 0.297. The third kappa shape index (κ3) is 3.22. The van der Waals surface area contributed by atoms with Crippen molar-refractivity contribution >= 4 is 5.69 Å². The van der Waals surface area contributed by atoms with Crippen LogP contribution in [0.1, 0.15) is 26.2 Å². The van der Waals surface area contributed by atoms with Gasteiger partial charge in [-0.15, -0.1) is 0 Å². The molecule has 1 aromatic carbocycles. The van der Waals surface area contributed by atoms with Crippen molar-refractivity contribution in [2.24, 2.45) is 5.92 Å².